The van der Waals surface area contributed by atoms with Gasteiger partial charge in [-0.15, -0.1) is 0 Å². The van der Waals surface area contributed by atoms with Crippen molar-refractivity contribution in [2.24, 2.45) is 0 Å². The highest BCUT2D eigenvalue weighted by Gasteiger charge is 2.26. The van der Waals surface area contributed by atoms with Crippen molar-refractivity contribution in [2.75, 3.05) is 25.0 Å². The molecule has 9 nitrogen and oxygen atoms in total. The van der Waals surface area contributed by atoms with Gasteiger partial charge < -0.3 is 10.0 Å². The fourth-order valence-corrected chi connectivity index (χ4v) is 2.89. The summed E-state index contributed by atoms with van der Waals surface area (Å²) in [4.78, 5) is 51.1. The molecule has 0 bridgehead atoms. The molecule has 0 saturated carbocycles. The fraction of sp³-hybridized carbons (Fsp3) is 0.294. The number of aromatic carboxylic acids is 1. The molecule has 0 unspecified atom stereocenters. The van der Waals surface area contributed by atoms with Crippen LogP contribution in [0.25, 0.3) is 5.69 Å². The largest absolute Gasteiger partial charge is 0.477 e. The quantitative estimate of drug-likeness (QED) is 0.861. The second-order valence-corrected chi connectivity index (χ2v) is 5.92. The SMILES string of the molecule is CCn1c(=O)c(C(=O)O)cn(-c2ccc(N3CCN(C)C3=O)cc2)c1=O. The maximum atomic E-state index is 12.5. The molecule has 9 heteroatoms. The van der Waals surface area contributed by atoms with E-state index in [0.29, 0.717) is 24.5 Å². The summed E-state index contributed by atoms with van der Waals surface area (Å²) < 4.78 is 1.99. The predicted molar refractivity (Wildman–Crippen MR) is 94.3 cm³/mol. The number of nitrogens with zero attached hydrogens (tertiary/aromatic N) is 4. The topological polar surface area (TPSA) is 105 Å². The molecule has 1 N–H and O–H groups in total. The summed E-state index contributed by atoms with van der Waals surface area (Å²) in [6.07, 6.45) is 1.03. The Morgan fingerprint density at radius 3 is 2.19 bits per heavy atom. The molecule has 0 spiro atoms. The van der Waals surface area contributed by atoms with Gasteiger partial charge in [0.25, 0.3) is 5.56 Å². The molecule has 1 saturated heterocycles. The molecule has 3 rings (SSSR count). The normalized spacial score (nSPS) is 14.2. The standard InChI is InChI=1S/C17H18N4O5/c1-3-19-14(22)13(15(23)24)10-21(17(19)26)12-6-4-11(5-7-12)20-9-8-18(2)16(20)25/h4-7,10H,3,8-9H2,1-2H3,(H,23,24). The Bertz CT molecular complexity index is 990. The van der Waals surface area contributed by atoms with Gasteiger partial charge in [-0.3, -0.25) is 18.8 Å². The van der Waals surface area contributed by atoms with E-state index in [4.69, 9.17) is 0 Å². The zero-order valence-corrected chi connectivity index (χ0v) is 14.4. The lowest BCUT2D eigenvalue weighted by molar-refractivity contribution is 0.0693. The van der Waals surface area contributed by atoms with Gasteiger partial charge in [0.15, 0.2) is 0 Å². The summed E-state index contributed by atoms with van der Waals surface area (Å²) in [5.74, 6) is -1.40. The molecule has 0 radical (unpaired) electrons. The summed E-state index contributed by atoms with van der Waals surface area (Å²) in [5, 5.41) is 9.21. The number of aromatic nitrogens is 2. The molecule has 2 amide bonds. The van der Waals surface area contributed by atoms with Gasteiger partial charge >= 0.3 is 17.7 Å². The number of carboxylic acids is 1. The van der Waals surface area contributed by atoms with Crippen molar-refractivity contribution in [2.45, 2.75) is 13.5 Å². The van der Waals surface area contributed by atoms with Crippen LogP contribution in [0.1, 0.15) is 17.3 Å². The third-order valence-electron chi connectivity index (χ3n) is 4.37. The van der Waals surface area contributed by atoms with E-state index in [-0.39, 0.29) is 12.6 Å². The minimum absolute atomic E-state index is 0.0610. The number of carbonyl (C=O) groups excluding carboxylic acids is 1. The van der Waals surface area contributed by atoms with Gasteiger partial charge in [0.05, 0.1) is 5.69 Å². The van der Waals surface area contributed by atoms with Crippen LogP contribution in [0.15, 0.2) is 40.1 Å². The summed E-state index contributed by atoms with van der Waals surface area (Å²) in [7, 11) is 1.72. The molecular weight excluding hydrogens is 340 g/mol. The third-order valence-corrected chi connectivity index (χ3v) is 4.37. The van der Waals surface area contributed by atoms with Crippen LogP contribution in [0.4, 0.5) is 10.5 Å². The summed E-state index contributed by atoms with van der Waals surface area (Å²) >= 11 is 0. The Balaban J connectivity index is 2.06. The van der Waals surface area contributed by atoms with E-state index in [0.717, 1.165) is 15.3 Å². The van der Waals surface area contributed by atoms with Crippen LogP contribution in [0, 0.1) is 0 Å². The molecule has 0 atom stereocenters. The first kappa shape index (κ1) is 17.5. The highest BCUT2D eigenvalue weighted by molar-refractivity contribution is 5.94. The Kier molecular flexibility index (Phi) is 4.37. The lowest BCUT2D eigenvalue weighted by atomic mass is 10.2. The fourth-order valence-electron chi connectivity index (χ4n) is 2.89. The van der Waals surface area contributed by atoms with Crippen LogP contribution >= 0.6 is 0 Å². The van der Waals surface area contributed by atoms with Crippen molar-refractivity contribution >= 4 is 17.7 Å². The van der Waals surface area contributed by atoms with Crippen LogP contribution in [0.2, 0.25) is 0 Å². The third kappa shape index (κ3) is 2.77. The van der Waals surface area contributed by atoms with Crippen molar-refractivity contribution in [1.82, 2.24) is 14.0 Å². The van der Waals surface area contributed by atoms with Crippen molar-refractivity contribution < 1.29 is 14.7 Å². The van der Waals surface area contributed by atoms with Gasteiger partial charge in [-0.05, 0) is 31.2 Å². The molecule has 1 fully saturated rings. The number of rotatable bonds is 4. The van der Waals surface area contributed by atoms with Crippen LogP contribution in [-0.2, 0) is 6.54 Å². The van der Waals surface area contributed by atoms with Crippen LogP contribution in [0.3, 0.4) is 0 Å². The van der Waals surface area contributed by atoms with Gasteiger partial charge in [-0.1, -0.05) is 0 Å². The Hall–Kier alpha value is -3.36. The van der Waals surface area contributed by atoms with E-state index in [1.165, 1.54) is 0 Å². The molecule has 1 aromatic carbocycles. The van der Waals surface area contributed by atoms with Gasteiger partial charge in [0, 0.05) is 38.6 Å². The van der Waals surface area contributed by atoms with Crippen molar-refractivity contribution in [3.63, 3.8) is 0 Å². The Morgan fingerprint density at radius 1 is 1.08 bits per heavy atom. The maximum absolute atomic E-state index is 12.5. The number of hydrogen-bond acceptors (Lipinski definition) is 4. The molecule has 136 valence electrons. The lowest BCUT2D eigenvalue weighted by Crippen LogP contribution is -2.41. The zero-order valence-electron chi connectivity index (χ0n) is 14.4. The summed E-state index contributed by atoms with van der Waals surface area (Å²) in [6.45, 7) is 2.85. The average Bonchev–Trinajstić information content (AvgIpc) is 2.95. The van der Waals surface area contributed by atoms with E-state index in [2.05, 4.69) is 0 Å². The van der Waals surface area contributed by atoms with E-state index >= 15 is 0 Å². The molecule has 26 heavy (non-hydrogen) atoms. The highest BCUT2D eigenvalue weighted by Crippen LogP contribution is 2.21. The van der Waals surface area contributed by atoms with E-state index < -0.39 is 22.8 Å². The maximum Gasteiger partial charge on any atom is 0.342 e. The first-order valence-electron chi connectivity index (χ1n) is 8.08. The van der Waals surface area contributed by atoms with E-state index in [1.807, 2.05) is 0 Å². The number of carboxylic acid groups (broad SMARTS) is 1. The van der Waals surface area contributed by atoms with Gasteiger partial charge in [0.1, 0.15) is 5.56 Å². The monoisotopic (exact) mass is 358 g/mol. The smallest absolute Gasteiger partial charge is 0.342 e. The first-order chi connectivity index (χ1) is 12.3. The molecule has 1 aliphatic heterocycles. The van der Waals surface area contributed by atoms with Gasteiger partial charge in [-0.2, -0.15) is 0 Å². The number of urea groups is 1. The summed E-state index contributed by atoms with van der Waals surface area (Å²) in [5.41, 5.74) is -0.843. The van der Waals surface area contributed by atoms with Crippen LogP contribution < -0.4 is 16.1 Å². The number of hydrogen-bond donors (Lipinski definition) is 1. The number of amides is 2. The van der Waals surface area contributed by atoms with Gasteiger partial charge in [0.2, 0.25) is 0 Å². The lowest BCUT2D eigenvalue weighted by Gasteiger charge is -2.17. The number of benzene rings is 1. The average molecular weight is 358 g/mol. The predicted octanol–water partition coefficient (Wildman–Crippen LogP) is 0.589. The van der Waals surface area contributed by atoms with E-state index in [9.17, 15) is 24.3 Å². The van der Waals surface area contributed by atoms with Crippen LogP contribution in [-0.4, -0.2) is 51.3 Å². The molecule has 0 aliphatic carbocycles. The Morgan fingerprint density at radius 2 is 1.69 bits per heavy atom. The minimum atomic E-state index is -1.40. The molecular formula is C17H18N4O5. The summed E-state index contributed by atoms with van der Waals surface area (Å²) in [6, 6.07) is 6.47. The second kappa shape index (κ2) is 6.51. The van der Waals surface area contributed by atoms with Crippen LogP contribution in [0.5, 0.6) is 0 Å². The zero-order chi connectivity index (χ0) is 19.0. The highest BCUT2D eigenvalue weighted by atomic mass is 16.4. The Labute approximate surface area is 148 Å². The molecule has 1 aromatic heterocycles. The minimum Gasteiger partial charge on any atom is -0.477 e. The van der Waals surface area contributed by atoms with Crippen molar-refractivity contribution in [3.05, 3.63) is 56.9 Å². The molecule has 2 heterocycles. The number of likely N-dealkylation sites (N-methyl/N-ethyl adjacent to an activating group) is 1. The van der Waals surface area contributed by atoms with Crippen molar-refractivity contribution in [1.29, 1.82) is 0 Å². The van der Waals surface area contributed by atoms with Crippen molar-refractivity contribution in [3.8, 4) is 5.69 Å². The van der Waals surface area contributed by atoms with E-state index in [1.54, 1.807) is 48.0 Å². The van der Waals surface area contributed by atoms with Gasteiger partial charge in [-0.25, -0.2) is 14.4 Å². The molecule has 1 aliphatic rings. The second-order valence-electron chi connectivity index (χ2n) is 5.92. The number of anilines is 1. The molecule has 2 aromatic rings. The number of carbonyl (C=O) groups is 2. The first-order valence-corrected chi connectivity index (χ1v) is 8.08.